The van der Waals surface area contributed by atoms with Crippen LogP contribution in [0.1, 0.15) is 0 Å². The summed E-state index contributed by atoms with van der Waals surface area (Å²) in [6.45, 7) is 0. The van der Waals surface area contributed by atoms with Gasteiger partial charge >= 0.3 is 6.03 Å². The summed E-state index contributed by atoms with van der Waals surface area (Å²) in [5.41, 5.74) is 7.59. The fourth-order valence-electron chi connectivity index (χ4n) is 2.95. The first-order valence-electron chi connectivity index (χ1n) is 7.45. The van der Waals surface area contributed by atoms with Crippen molar-refractivity contribution < 1.29 is 9.53 Å². The predicted octanol–water partition coefficient (Wildman–Crippen LogP) is 3.59. The third-order valence-electron chi connectivity index (χ3n) is 4.04. The smallest absolute Gasteiger partial charge is 0.340 e. The monoisotopic (exact) mass is 316 g/mol. The van der Waals surface area contributed by atoms with Crippen molar-refractivity contribution in [2.45, 2.75) is 0 Å². The van der Waals surface area contributed by atoms with E-state index < -0.39 is 6.03 Å². The molecule has 0 spiro atoms. The molecular weight excluding hydrogens is 302 g/mol. The maximum absolute atomic E-state index is 11.7. The van der Waals surface area contributed by atoms with Crippen molar-refractivity contribution >= 4 is 27.7 Å². The molecule has 0 fully saturated rings. The van der Waals surface area contributed by atoms with Crippen molar-refractivity contribution in [3.05, 3.63) is 60.7 Å². The molecule has 1 heterocycles. The molecule has 5 nitrogen and oxygen atoms in total. The number of hydrogen-bond donors (Lipinski definition) is 1. The second-order valence-corrected chi connectivity index (χ2v) is 5.43. The second-order valence-electron chi connectivity index (χ2n) is 5.43. The van der Waals surface area contributed by atoms with Gasteiger partial charge in [-0.1, -0.05) is 36.4 Å². The van der Waals surface area contributed by atoms with E-state index in [9.17, 15) is 4.79 Å². The zero-order chi connectivity index (χ0) is 16.7. The Kier molecular flexibility index (Phi) is 3.20. The summed E-state index contributed by atoms with van der Waals surface area (Å²) in [5, 5.41) is 7.36. The third kappa shape index (κ3) is 2.10. The standard InChI is InChI=1S/C19H14N3O2/c1-24-16-8-4-7-15-17(16)18(21-22(15)19(20)23)14-10-9-12-5-2-3-6-13(12)11-14/h2-7,9-11H,1H3,(H2,20,23). The Morgan fingerprint density at radius 3 is 2.71 bits per heavy atom. The van der Waals surface area contributed by atoms with Crippen LogP contribution in [0.15, 0.2) is 54.6 Å². The SMILES string of the molecule is COc1[c]ccc2c1c(-c1ccc3ccccc3c1)nn2C(N)=O. The average Bonchev–Trinajstić information content (AvgIpc) is 3.01. The van der Waals surface area contributed by atoms with Gasteiger partial charge in [0.15, 0.2) is 0 Å². The molecule has 1 aromatic heterocycles. The largest absolute Gasteiger partial charge is 0.495 e. The number of carbonyl (C=O) groups is 1. The number of nitrogens with two attached hydrogens (primary N) is 1. The number of nitrogens with zero attached hydrogens (tertiary/aromatic N) is 2. The summed E-state index contributed by atoms with van der Waals surface area (Å²) in [5.74, 6) is 0.531. The topological polar surface area (TPSA) is 70.1 Å². The van der Waals surface area contributed by atoms with Gasteiger partial charge in [-0.3, -0.25) is 0 Å². The zero-order valence-corrected chi connectivity index (χ0v) is 13.0. The molecule has 0 saturated heterocycles. The number of aromatic nitrogens is 2. The molecule has 0 bridgehead atoms. The van der Waals surface area contributed by atoms with Crippen LogP contribution in [0.4, 0.5) is 4.79 Å². The number of primary amides is 1. The van der Waals surface area contributed by atoms with Gasteiger partial charge in [-0.05, 0) is 29.0 Å². The summed E-state index contributed by atoms with van der Waals surface area (Å²) in [6.07, 6.45) is 0. The molecule has 2 N–H and O–H groups in total. The van der Waals surface area contributed by atoms with E-state index in [0.29, 0.717) is 22.3 Å². The van der Waals surface area contributed by atoms with Crippen LogP contribution in [-0.4, -0.2) is 22.9 Å². The van der Waals surface area contributed by atoms with Crippen LogP contribution in [0.25, 0.3) is 32.9 Å². The highest BCUT2D eigenvalue weighted by Gasteiger charge is 2.19. The van der Waals surface area contributed by atoms with Crippen molar-refractivity contribution in [2.75, 3.05) is 7.11 Å². The maximum atomic E-state index is 11.7. The minimum atomic E-state index is -0.639. The lowest BCUT2D eigenvalue weighted by Gasteiger charge is -2.04. The number of rotatable bonds is 2. The molecule has 1 amide bonds. The van der Waals surface area contributed by atoms with Gasteiger partial charge in [-0.25, -0.2) is 4.79 Å². The van der Waals surface area contributed by atoms with E-state index in [-0.39, 0.29) is 0 Å². The van der Waals surface area contributed by atoms with Crippen molar-refractivity contribution in [3.8, 4) is 17.0 Å². The molecule has 0 saturated carbocycles. The number of fused-ring (bicyclic) bond motifs is 2. The molecular formula is C19H14N3O2. The molecule has 24 heavy (non-hydrogen) atoms. The van der Waals surface area contributed by atoms with E-state index in [2.05, 4.69) is 11.2 Å². The summed E-state index contributed by atoms with van der Waals surface area (Å²) >= 11 is 0. The third-order valence-corrected chi connectivity index (χ3v) is 4.04. The Morgan fingerprint density at radius 2 is 1.96 bits per heavy atom. The van der Waals surface area contributed by atoms with Crippen molar-refractivity contribution in [3.63, 3.8) is 0 Å². The van der Waals surface area contributed by atoms with Gasteiger partial charge in [-0.2, -0.15) is 9.78 Å². The summed E-state index contributed by atoms with van der Waals surface area (Å²) in [4.78, 5) is 11.7. The van der Waals surface area contributed by atoms with Gasteiger partial charge in [0.1, 0.15) is 11.4 Å². The van der Waals surface area contributed by atoms with Crippen LogP contribution in [0.5, 0.6) is 5.75 Å². The minimum absolute atomic E-state index is 0.531. The second kappa shape index (κ2) is 5.38. The number of amides is 1. The number of benzene rings is 3. The van der Waals surface area contributed by atoms with Crippen LogP contribution in [0.3, 0.4) is 0 Å². The molecule has 3 aromatic carbocycles. The van der Waals surface area contributed by atoms with E-state index in [4.69, 9.17) is 10.5 Å². The number of carbonyl (C=O) groups excluding carboxylic acids is 1. The number of ether oxygens (including phenoxy) is 1. The summed E-state index contributed by atoms with van der Waals surface area (Å²) < 4.78 is 6.60. The first-order valence-corrected chi connectivity index (χ1v) is 7.45. The van der Waals surface area contributed by atoms with Crippen LogP contribution in [0, 0.1) is 6.07 Å². The minimum Gasteiger partial charge on any atom is -0.495 e. The molecule has 0 aliphatic carbocycles. The first kappa shape index (κ1) is 14.3. The van der Waals surface area contributed by atoms with Crippen molar-refractivity contribution in [1.29, 1.82) is 0 Å². The quantitative estimate of drug-likeness (QED) is 0.614. The zero-order valence-electron chi connectivity index (χ0n) is 13.0. The van der Waals surface area contributed by atoms with Crippen LogP contribution < -0.4 is 10.5 Å². The summed E-state index contributed by atoms with van der Waals surface area (Å²) in [7, 11) is 1.57. The normalized spacial score (nSPS) is 11.0. The highest BCUT2D eigenvalue weighted by Crippen LogP contribution is 2.35. The molecule has 4 rings (SSSR count). The Morgan fingerprint density at radius 1 is 1.17 bits per heavy atom. The molecule has 0 aliphatic rings. The van der Waals surface area contributed by atoms with Gasteiger partial charge in [0, 0.05) is 11.6 Å². The Hall–Kier alpha value is -3.34. The van der Waals surface area contributed by atoms with E-state index >= 15 is 0 Å². The summed E-state index contributed by atoms with van der Waals surface area (Å²) in [6, 6.07) is 19.9. The molecule has 117 valence electrons. The Balaban J connectivity index is 2.06. The maximum Gasteiger partial charge on any atom is 0.340 e. The van der Waals surface area contributed by atoms with Crippen LogP contribution in [-0.2, 0) is 0 Å². The van der Waals surface area contributed by atoms with Crippen LogP contribution >= 0.6 is 0 Å². The molecule has 0 atom stereocenters. The molecule has 1 radical (unpaired) electrons. The van der Waals surface area contributed by atoms with Crippen molar-refractivity contribution in [2.24, 2.45) is 5.73 Å². The van der Waals surface area contributed by atoms with Gasteiger partial charge < -0.3 is 10.5 Å². The highest BCUT2D eigenvalue weighted by molar-refractivity contribution is 6.03. The van der Waals surface area contributed by atoms with Gasteiger partial charge in [0.2, 0.25) is 0 Å². The molecule has 0 unspecified atom stereocenters. The number of methoxy groups -OCH3 is 1. The molecule has 5 heteroatoms. The highest BCUT2D eigenvalue weighted by atomic mass is 16.5. The molecule has 4 aromatic rings. The van der Waals surface area contributed by atoms with Gasteiger partial charge in [0.05, 0.1) is 18.0 Å². The van der Waals surface area contributed by atoms with E-state index in [0.717, 1.165) is 16.3 Å². The fourth-order valence-corrected chi connectivity index (χ4v) is 2.95. The number of hydrogen-bond acceptors (Lipinski definition) is 3. The van der Waals surface area contributed by atoms with E-state index in [1.807, 2.05) is 42.5 Å². The van der Waals surface area contributed by atoms with E-state index in [1.165, 1.54) is 4.68 Å². The Labute approximate surface area is 138 Å². The van der Waals surface area contributed by atoms with Gasteiger partial charge in [-0.15, -0.1) is 0 Å². The lowest BCUT2D eigenvalue weighted by Crippen LogP contribution is -2.20. The average molecular weight is 316 g/mol. The van der Waals surface area contributed by atoms with Crippen LogP contribution in [0.2, 0.25) is 0 Å². The lowest BCUT2D eigenvalue weighted by molar-refractivity contribution is 0.248. The molecule has 0 aliphatic heterocycles. The van der Waals surface area contributed by atoms with Gasteiger partial charge in [0.25, 0.3) is 0 Å². The van der Waals surface area contributed by atoms with E-state index in [1.54, 1.807) is 19.2 Å². The first-order chi connectivity index (χ1) is 11.7. The Bertz CT molecular complexity index is 1080. The predicted molar refractivity (Wildman–Crippen MR) is 93.0 cm³/mol. The fraction of sp³-hybridized carbons (Fsp3) is 0.0526. The lowest BCUT2D eigenvalue weighted by atomic mass is 10.0. The van der Waals surface area contributed by atoms with Crippen molar-refractivity contribution in [1.82, 2.24) is 9.78 Å².